The van der Waals surface area contributed by atoms with Gasteiger partial charge in [0.1, 0.15) is 0 Å². The highest BCUT2D eigenvalue weighted by atomic mass is 35.5. The molecule has 1 aliphatic heterocycles. The molecule has 4 heteroatoms. The highest BCUT2D eigenvalue weighted by Gasteiger charge is 2.25. The van der Waals surface area contributed by atoms with E-state index in [1.807, 2.05) is 13.1 Å². The van der Waals surface area contributed by atoms with Gasteiger partial charge in [-0.25, -0.2) is 9.97 Å². The number of hydrogen-bond donors (Lipinski definition) is 0. The predicted molar refractivity (Wildman–Crippen MR) is 71.5 cm³/mol. The van der Waals surface area contributed by atoms with Crippen LogP contribution in [0.3, 0.4) is 0 Å². The third kappa shape index (κ3) is 2.71. The Hall–Kier alpha value is -0.830. The molecule has 0 aromatic carbocycles. The summed E-state index contributed by atoms with van der Waals surface area (Å²) in [5.41, 5.74) is 2.02. The van der Waals surface area contributed by atoms with Crippen LogP contribution < -0.4 is 4.90 Å². The number of piperidine rings is 1. The third-order valence-corrected chi connectivity index (χ3v) is 3.87. The maximum atomic E-state index is 5.83. The molecule has 1 saturated heterocycles. The molecule has 0 spiro atoms. The number of halogens is 1. The lowest BCUT2D eigenvalue weighted by Crippen LogP contribution is -2.42. The van der Waals surface area contributed by atoms with E-state index in [-0.39, 0.29) is 0 Å². The number of aromatic nitrogens is 2. The largest absolute Gasteiger partial charge is 0.338 e. The van der Waals surface area contributed by atoms with E-state index in [0.29, 0.717) is 11.9 Å². The van der Waals surface area contributed by atoms with Crippen LogP contribution in [0.1, 0.15) is 37.9 Å². The summed E-state index contributed by atoms with van der Waals surface area (Å²) in [4.78, 5) is 11.4. The van der Waals surface area contributed by atoms with Crippen LogP contribution in [0.25, 0.3) is 0 Å². The first kappa shape index (κ1) is 12.6. The Morgan fingerprint density at radius 2 is 2.18 bits per heavy atom. The van der Waals surface area contributed by atoms with Crippen molar-refractivity contribution in [2.24, 2.45) is 5.92 Å². The van der Waals surface area contributed by atoms with Crippen LogP contribution in [0.5, 0.6) is 0 Å². The molecule has 0 amide bonds. The maximum absolute atomic E-state index is 5.83. The van der Waals surface area contributed by atoms with E-state index in [1.165, 1.54) is 12.8 Å². The molecule has 1 fully saturated rings. The Balaban J connectivity index is 2.23. The molecular weight excluding hydrogens is 234 g/mol. The molecule has 0 aliphatic carbocycles. The SMILES string of the molecule is Cc1nc(N2CC(C)CCC2C)ncc1CCl. The number of aryl methyl sites for hydroxylation is 1. The molecular formula is C13H20ClN3. The zero-order valence-corrected chi connectivity index (χ0v) is 11.5. The molecule has 94 valence electrons. The number of nitrogens with zero attached hydrogens (tertiary/aromatic N) is 3. The first-order chi connectivity index (χ1) is 8.11. The summed E-state index contributed by atoms with van der Waals surface area (Å²) in [6.45, 7) is 7.60. The Kier molecular flexibility index (Phi) is 3.87. The molecule has 2 heterocycles. The van der Waals surface area contributed by atoms with Crippen molar-refractivity contribution in [3.05, 3.63) is 17.5 Å². The van der Waals surface area contributed by atoms with Crippen LogP contribution in [0.4, 0.5) is 5.95 Å². The lowest BCUT2D eigenvalue weighted by atomic mass is 9.95. The van der Waals surface area contributed by atoms with Gasteiger partial charge in [0.05, 0.1) is 5.88 Å². The highest BCUT2D eigenvalue weighted by Crippen LogP contribution is 2.25. The molecule has 1 aromatic rings. The number of alkyl halides is 1. The van der Waals surface area contributed by atoms with Crippen molar-refractivity contribution in [3.8, 4) is 0 Å². The van der Waals surface area contributed by atoms with Crippen molar-refractivity contribution in [2.45, 2.75) is 45.5 Å². The minimum atomic E-state index is 0.484. The summed E-state index contributed by atoms with van der Waals surface area (Å²) in [5, 5.41) is 0. The van der Waals surface area contributed by atoms with Gasteiger partial charge in [0.2, 0.25) is 5.95 Å². The van der Waals surface area contributed by atoms with Gasteiger partial charge in [0.15, 0.2) is 0 Å². The van der Waals surface area contributed by atoms with Gasteiger partial charge in [-0.15, -0.1) is 11.6 Å². The fourth-order valence-electron chi connectivity index (χ4n) is 2.32. The molecule has 1 aliphatic rings. The topological polar surface area (TPSA) is 29.0 Å². The molecule has 2 unspecified atom stereocenters. The normalized spacial score (nSPS) is 25.1. The van der Waals surface area contributed by atoms with Gasteiger partial charge in [0.25, 0.3) is 0 Å². The number of anilines is 1. The van der Waals surface area contributed by atoms with Gasteiger partial charge in [-0.05, 0) is 32.6 Å². The summed E-state index contributed by atoms with van der Waals surface area (Å²) in [6, 6.07) is 0.535. The first-order valence-corrected chi connectivity index (χ1v) is 6.80. The van der Waals surface area contributed by atoms with E-state index >= 15 is 0 Å². The zero-order valence-electron chi connectivity index (χ0n) is 10.8. The maximum Gasteiger partial charge on any atom is 0.225 e. The predicted octanol–water partition coefficient (Wildman–Crippen LogP) is 3.15. The Morgan fingerprint density at radius 1 is 1.41 bits per heavy atom. The van der Waals surface area contributed by atoms with Crippen molar-refractivity contribution >= 4 is 17.5 Å². The summed E-state index contributed by atoms with van der Waals surface area (Å²) >= 11 is 5.83. The Morgan fingerprint density at radius 3 is 2.82 bits per heavy atom. The van der Waals surface area contributed by atoms with Crippen LogP contribution in [0, 0.1) is 12.8 Å². The lowest BCUT2D eigenvalue weighted by molar-refractivity contribution is 0.385. The third-order valence-electron chi connectivity index (χ3n) is 3.59. The molecule has 3 nitrogen and oxygen atoms in total. The molecule has 0 radical (unpaired) electrons. The van der Waals surface area contributed by atoms with E-state index in [9.17, 15) is 0 Å². The van der Waals surface area contributed by atoms with Crippen LogP contribution >= 0.6 is 11.6 Å². The Labute approximate surface area is 108 Å². The van der Waals surface area contributed by atoms with E-state index in [2.05, 4.69) is 28.7 Å². The first-order valence-electron chi connectivity index (χ1n) is 6.27. The number of hydrogen-bond acceptors (Lipinski definition) is 3. The second-order valence-electron chi connectivity index (χ2n) is 5.10. The van der Waals surface area contributed by atoms with Crippen molar-refractivity contribution in [1.29, 1.82) is 0 Å². The van der Waals surface area contributed by atoms with Gasteiger partial charge in [-0.3, -0.25) is 0 Å². The summed E-state index contributed by atoms with van der Waals surface area (Å²) in [6.07, 6.45) is 4.38. The smallest absolute Gasteiger partial charge is 0.225 e. The van der Waals surface area contributed by atoms with Crippen LogP contribution in [-0.4, -0.2) is 22.6 Å². The summed E-state index contributed by atoms with van der Waals surface area (Å²) in [7, 11) is 0. The quantitative estimate of drug-likeness (QED) is 0.759. The molecule has 0 N–H and O–H groups in total. The van der Waals surface area contributed by atoms with Crippen molar-refractivity contribution in [2.75, 3.05) is 11.4 Å². The van der Waals surface area contributed by atoms with Crippen LogP contribution in [0.15, 0.2) is 6.20 Å². The average molecular weight is 254 g/mol. The van der Waals surface area contributed by atoms with Crippen molar-refractivity contribution in [3.63, 3.8) is 0 Å². The zero-order chi connectivity index (χ0) is 12.4. The monoisotopic (exact) mass is 253 g/mol. The molecule has 2 rings (SSSR count). The fourth-order valence-corrected chi connectivity index (χ4v) is 2.58. The van der Waals surface area contributed by atoms with Crippen LogP contribution in [-0.2, 0) is 5.88 Å². The summed E-state index contributed by atoms with van der Waals surface area (Å²) in [5.74, 6) is 2.07. The lowest BCUT2D eigenvalue weighted by Gasteiger charge is -2.36. The second-order valence-corrected chi connectivity index (χ2v) is 5.37. The Bertz CT molecular complexity index is 394. The minimum Gasteiger partial charge on any atom is -0.338 e. The molecule has 0 bridgehead atoms. The summed E-state index contributed by atoms with van der Waals surface area (Å²) < 4.78 is 0. The molecule has 0 saturated carbocycles. The standard InChI is InChI=1S/C13H20ClN3/c1-9-4-5-10(2)17(8-9)13-15-7-12(6-14)11(3)16-13/h7,9-10H,4-6,8H2,1-3H3. The van der Waals surface area contributed by atoms with Gasteiger partial charge in [0, 0.05) is 30.0 Å². The van der Waals surface area contributed by atoms with E-state index in [4.69, 9.17) is 11.6 Å². The van der Waals surface area contributed by atoms with Crippen LogP contribution in [0.2, 0.25) is 0 Å². The molecule has 17 heavy (non-hydrogen) atoms. The van der Waals surface area contributed by atoms with Crippen molar-refractivity contribution < 1.29 is 0 Å². The van der Waals surface area contributed by atoms with Gasteiger partial charge < -0.3 is 4.90 Å². The van der Waals surface area contributed by atoms with E-state index in [1.54, 1.807) is 0 Å². The van der Waals surface area contributed by atoms with E-state index < -0.39 is 0 Å². The highest BCUT2D eigenvalue weighted by molar-refractivity contribution is 6.17. The average Bonchev–Trinajstić information content (AvgIpc) is 2.32. The van der Waals surface area contributed by atoms with Crippen molar-refractivity contribution in [1.82, 2.24) is 9.97 Å². The van der Waals surface area contributed by atoms with Gasteiger partial charge >= 0.3 is 0 Å². The second kappa shape index (κ2) is 5.21. The van der Waals surface area contributed by atoms with Gasteiger partial charge in [-0.1, -0.05) is 6.92 Å². The van der Waals surface area contributed by atoms with E-state index in [0.717, 1.165) is 29.7 Å². The minimum absolute atomic E-state index is 0.484. The van der Waals surface area contributed by atoms with Gasteiger partial charge in [-0.2, -0.15) is 0 Å². The molecule has 2 atom stereocenters. The molecule has 1 aromatic heterocycles. The fraction of sp³-hybridized carbons (Fsp3) is 0.692. The number of rotatable bonds is 2.